The second kappa shape index (κ2) is 7.63. The van der Waals surface area contributed by atoms with Crippen molar-refractivity contribution in [2.75, 3.05) is 32.6 Å². The van der Waals surface area contributed by atoms with E-state index >= 15 is 0 Å². The molecule has 19 heavy (non-hydrogen) atoms. The lowest BCUT2D eigenvalue weighted by atomic mass is 10.1. The largest absolute Gasteiger partial charge is 0.494 e. The van der Waals surface area contributed by atoms with Gasteiger partial charge in [0.15, 0.2) is 0 Å². The molecule has 1 amide bonds. The number of nitrogen functional groups attached to an aromatic ring is 1. The van der Waals surface area contributed by atoms with E-state index in [-0.39, 0.29) is 11.8 Å². The van der Waals surface area contributed by atoms with E-state index in [2.05, 4.69) is 5.32 Å². The number of carbonyl (C=O) groups is 1. The highest BCUT2D eigenvalue weighted by atomic mass is 16.5. The third-order valence-corrected chi connectivity index (χ3v) is 2.56. The van der Waals surface area contributed by atoms with E-state index in [9.17, 15) is 4.79 Å². The van der Waals surface area contributed by atoms with Crippen LogP contribution in [0.15, 0.2) is 18.2 Å². The fraction of sp³-hybridized carbons (Fsp3) is 0.500. The van der Waals surface area contributed by atoms with E-state index in [1.807, 2.05) is 13.8 Å². The first-order valence-electron chi connectivity index (χ1n) is 6.37. The number of nitrogens with one attached hydrogen (secondary N) is 1. The number of ether oxygens (including phenoxy) is 2. The zero-order valence-corrected chi connectivity index (χ0v) is 11.7. The maximum atomic E-state index is 12.0. The van der Waals surface area contributed by atoms with Crippen molar-refractivity contribution in [3.05, 3.63) is 23.8 Å². The van der Waals surface area contributed by atoms with Gasteiger partial charge >= 0.3 is 0 Å². The van der Waals surface area contributed by atoms with Crippen LogP contribution in [0.3, 0.4) is 0 Å². The topological polar surface area (TPSA) is 73.6 Å². The highest BCUT2D eigenvalue weighted by molar-refractivity contribution is 5.95. The van der Waals surface area contributed by atoms with Gasteiger partial charge in [0.2, 0.25) is 0 Å². The van der Waals surface area contributed by atoms with E-state index in [0.717, 1.165) is 0 Å². The van der Waals surface area contributed by atoms with Crippen LogP contribution in [0.25, 0.3) is 0 Å². The first kappa shape index (κ1) is 15.3. The molecule has 1 atom stereocenters. The van der Waals surface area contributed by atoms with Gasteiger partial charge in [-0.1, -0.05) is 6.92 Å². The second-order valence-electron chi connectivity index (χ2n) is 4.49. The molecular formula is C14H22N2O3. The van der Waals surface area contributed by atoms with Crippen molar-refractivity contribution in [2.24, 2.45) is 5.92 Å². The van der Waals surface area contributed by atoms with Gasteiger partial charge in [0, 0.05) is 31.0 Å². The molecule has 0 bridgehead atoms. The molecule has 0 spiro atoms. The van der Waals surface area contributed by atoms with Crippen molar-refractivity contribution < 1.29 is 14.3 Å². The molecule has 0 aliphatic heterocycles. The minimum absolute atomic E-state index is 0.156. The first-order chi connectivity index (χ1) is 9.06. The molecule has 0 heterocycles. The van der Waals surface area contributed by atoms with Crippen molar-refractivity contribution in [2.45, 2.75) is 13.8 Å². The summed E-state index contributed by atoms with van der Waals surface area (Å²) >= 11 is 0. The van der Waals surface area contributed by atoms with Crippen molar-refractivity contribution in [1.29, 1.82) is 0 Å². The Labute approximate surface area is 114 Å². The number of rotatable bonds is 7. The molecular weight excluding hydrogens is 244 g/mol. The SMILES string of the molecule is CCOc1cc(N)cc(C(=O)NCC(C)COC)c1. The van der Waals surface area contributed by atoms with Crippen LogP contribution in [-0.4, -0.2) is 32.8 Å². The predicted molar refractivity (Wildman–Crippen MR) is 75.4 cm³/mol. The Kier molecular flexibility index (Phi) is 6.15. The predicted octanol–water partition coefficient (Wildman–Crippen LogP) is 1.68. The number of carbonyl (C=O) groups excluding carboxylic acids is 1. The van der Waals surface area contributed by atoms with Crippen LogP contribution >= 0.6 is 0 Å². The van der Waals surface area contributed by atoms with E-state index in [4.69, 9.17) is 15.2 Å². The molecule has 5 heteroatoms. The van der Waals surface area contributed by atoms with Crippen LogP contribution in [0.2, 0.25) is 0 Å². The van der Waals surface area contributed by atoms with Crippen molar-refractivity contribution in [3.63, 3.8) is 0 Å². The number of methoxy groups -OCH3 is 1. The van der Waals surface area contributed by atoms with Gasteiger partial charge in [0.05, 0.1) is 13.2 Å². The Morgan fingerprint density at radius 3 is 2.79 bits per heavy atom. The summed E-state index contributed by atoms with van der Waals surface area (Å²) in [5, 5.41) is 2.85. The summed E-state index contributed by atoms with van der Waals surface area (Å²) in [4.78, 5) is 12.0. The van der Waals surface area contributed by atoms with Gasteiger partial charge in [0.25, 0.3) is 5.91 Å². The maximum absolute atomic E-state index is 12.0. The van der Waals surface area contributed by atoms with Crippen LogP contribution in [-0.2, 0) is 4.74 Å². The monoisotopic (exact) mass is 266 g/mol. The Morgan fingerprint density at radius 2 is 2.16 bits per heavy atom. The second-order valence-corrected chi connectivity index (χ2v) is 4.49. The number of anilines is 1. The van der Waals surface area contributed by atoms with Crippen molar-refractivity contribution >= 4 is 11.6 Å². The average molecular weight is 266 g/mol. The van der Waals surface area contributed by atoms with Gasteiger partial charge in [-0.15, -0.1) is 0 Å². The highest BCUT2D eigenvalue weighted by Crippen LogP contribution is 2.18. The molecule has 0 saturated heterocycles. The van der Waals surface area contributed by atoms with Crippen LogP contribution in [0.4, 0.5) is 5.69 Å². The van der Waals surface area contributed by atoms with Crippen LogP contribution in [0, 0.1) is 5.92 Å². The fourth-order valence-corrected chi connectivity index (χ4v) is 1.72. The molecule has 5 nitrogen and oxygen atoms in total. The average Bonchev–Trinajstić information content (AvgIpc) is 2.36. The summed E-state index contributed by atoms with van der Waals surface area (Å²) in [6.07, 6.45) is 0. The fourth-order valence-electron chi connectivity index (χ4n) is 1.72. The van der Waals surface area contributed by atoms with Gasteiger partial charge < -0.3 is 20.5 Å². The van der Waals surface area contributed by atoms with E-state index in [1.54, 1.807) is 25.3 Å². The lowest BCUT2D eigenvalue weighted by molar-refractivity contribution is 0.0933. The van der Waals surface area contributed by atoms with Crippen molar-refractivity contribution in [1.82, 2.24) is 5.32 Å². The zero-order valence-electron chi connectivity index (χ0n) is 11.7. The van der Waals surface area contributed by atoms with Gasteiger partial charge in [-0.2, -0.15) is 0 Å². The molecule has 0 saturated carbocycles. The molecule has 0 aliphatic rings. The third-order valence-electron chi connectivity index (χ3n) is 2.56. The zero-order chi connectivity index (χ0) is 14.3. The molecule has 1 aromatic carbocycles. The molecule has 0 aromatic heterocycles. The molecule has 0 radical (unpaired) electrons. The number of amides is 1. The molecule has 1 aromatic rings. The quantitative estimate of drug-likeness (QED) is 0.736. The summed E-state index contributed by atoms with van der Waals surface area (Å²) in [6, 6.07) is 5.03. The molecule has 1 unspecified atom stereocenters. The summed E-state index contributed by atoms with van der Waals surface area (Å²) in [6.45, 7) is 5.60. The standard InChI is InChI=1S/C14H22N2O3/c1-4-19-13-6-11(5-12(15)7-13)14(17)16-8-10(2)9-18-3/h5-7,10H,4,8-9,15H2,1-3H3,(H,16,17). The highest BCUT2D eigenvalue weighted by Gasteiger charge is 2.10. The van der Waals surface area contributed by atoms with Gasteiger partial charge in [0.1, 0.15) is 5.75 Å². The molecule has 0 fully saturated rings. The maximum Gasteiger partial charge on any atom is 0.251 e. The number of hydrogen-bond acceptors (Lipinski definition) is 4. The first-order valence-corrected chi connectivity index (χ1v) is 6.37. The van der Waals surface area contributed by atoms with Crippen molar-refractivity contribution in [3.8, 4) is 5.75 Å². The third kappa shape index (κ3) is 5.18. The Hall–Kier alpha value is -1.75. The minimum atomic E-state index is -0.156. The Balaban J connectivity index is 2.65. The minimum Gasteiger partial charge on any atom is -0.494 e. The number of hydrogen-bond donors (Lipinski definition) is 2. The van der Waals surface area contributed by atoms with E-state index in [1.165, 1.54) is 0 Å². The van der Waals surface area contributed by atoms with Gasteiger partial charge in [-0.3, -0.25) is 4.79 Å². The molecule has 0 aliphatic carbocycles. The number of nitrogens with two attached hydrogens (primary N) is 1. The summed E-state index contributed by atoms with van der Waals surface area (Å²) < 4.78 is 10.4. The van der Waals surface area contributed by atoms with Gasteiger partial charge in [-0.25, -0.2) is 0 Å². The summed E-state index contributed by atoms with van der Waals surface area (Å²) in [7, 11) is 1.64. The Morgan fingerprint density at radius 1 is 1.42 bits per heavy atom. The molecule has 1 rings (SSSR count). The van der Waals surface area contributed by atoms with E-state index < -0.39 is 0 Å². The normalized spacial score (nSPS) is 11.9. The lowest BCUT2D eigenvalue weighted by Gasteiger charge is -2.12. The molecule has 3 N–H and O–H groups in total. The number of benzene rings is 1. The van der Waals surface area contributed by atoms with Gasteiger partial charge in [-0.05, 0) is 25.0 Å². The summed E-state index contributed by atoms with van der Waals surface area (Å²) in [5.41, 5.74) is 6.77. The smallest absolute Gasteiger partial charge is 0.251 e. The molecule has 106 valence electrons. The van der Waals surface area contributed by atoms with E-state index in [0.29, 0.717) is 36.8 Å². The Bertz CT molecular complexity index is 421. The van der Waals surface area contributed by atoms with Crippen LogP contribution in [0.1, 0.15) is 24.2 Å². The van der Waals surface area contributed by atoms with Crippen LogP contribution < -0.4 is 15.8 Å². The lowest BCUT2D eigenvalue weighted by Crippen LogP contribution is -2.29. The van der Waals surface area contributed by atoms with Crippen LogP contribution in [0.5, 0.6) is 5.75 Å². The summed E-state index contributed by atoms with van der Waals surface area (Å²) in [5.74, 6) is 0.718.